The molecule has 1 aromatic carbocycles. The largest absolute Gasteiger partial charge is 0.454 e. The molecule has 0 radical (unpaired) electrons. The Kier molecular flexibility index (Phi) is 6.27. The van der Waals surface area contributed by atoms with Crippen molar-refractivity contribution in [3.63, 3.8) is 0 Å². The average molecular weight is 386 g/mol. The summed E-state index contributed by atoms with van der Waals surface area (Å²) in [5, 5.41) is 3.10. The Morgan fingerprint density at radius 1 is 1.18 bits per heavy atom. The SMILES string of the molecule is CC(C)CC1CN(C(=O)C=Cc2ccc3c(c2)OCO3)C(CC(C)C)C(=O)N1. The number of nitrogens with one attached hydrogen (secondary N) is 1. The molecule has 0 aromatic heterocycles. The highest BCUT2D eigenvalue weighted by atomic mass is 16.7. The molecule has 2 aliphatic heterocycles. The van der Waals surface area contributed by atoms with Gasteiger partial charge in [0.1, 0.15) is 6.04 Å². The lowest BCUT2D eigenvalue weighted by atomic mass is 9.95. The highest BCUT2D eigenvalue weighted by Crippen LogP contribution is 2.32. The third-order valence-corrected chi connectivity index (χ3v) is 4.99. The van der Waals surface area contributed by atoms with Crippen molar-refractivity contribution in [1.82, 2.24) is 10.2 Å². The predicted molar refractivity (Wildman–Crippen MR) is 108 cm³/mol. The number of nitrogens with zero attached hydrogens (tertiary/aromatic N) is 1. The van der Waals surface area contributed by atoms with Crippen LogP contribution in [-0.2, 0) is 9.59 Å². The summed E-state index contributed by atoms with van der Waals surface area (Å²) in [6.45, 7) is 9.15. The smallest absolute Gasteiger partial charge is 0.247 e. The number of rotatable bonds is 6. The molecular formula is C22H30N2O4. The van der Waals surface area contributed by atoms with Gasteiger partial charge in [0.05, 0.1) is 0 Å². The molecule has 1 N–H and O–H groups in total. The van der Waals surface area contributed by atoms with Crippen LogP contribution < -0.4 is 14.8 Å². The lowest BCUT2D eigenvalue weighted by Gasteiger charge is -2.40. The highest BCUT2D eigenvalue weighted by molar-refractivity contribution is 5.96. The van der Waals surface area contributed by atoms with E-state index in [1.54, 1.807) is 17.1 Å². The zero-order valence-electron chi connectivity index (χ0n) is 17.1. The summed E-state index contributed by atoms with van der Waals surface area (Å²) in [4.78, 5) is 27.4. The van der Waals surface area contributed by atoms with Crippen molar-refractivity contribution in [2.24, 2.45) is 11.8 Å². The Morgan fingerprint density at radius 3 is 2.61 bits per heavy atom. The van der Waals surface area contributed by atoms with Crippen LogP contribution in [0.25, 0.3) is 6.08 Å². The number of fused-ring (bicyclic) bond motifs is 1. The van der Waals surface area contributed by atoms with Crippen LogP contribution in [0.3, 0.4) is 0 Å². The molecule has 2 heterocycles. The van der Waals surface area contributed by atoms with Gasteiger partial charge in [0.15, 0.2) is 11.5 Å². The number of hydrogen-bond donors (Lipinski definition) is 1. The highest BCUT2D eigenvalue weighted by Gasteiger charge is 2.36. The van der Waals surface area contributed by atoms with Gasteiger partial charge in [-0.3, -0.25) is 9.59 Å². The second-order valence-corrected chi connectivity index (χ2v) is 8.42. The molecule has 0 bridgehead atoms. The van der Waals surface area contributed by atoms with Crippen LogP contribution in [-0.4, -0.2) is 42.1 Å². The zero-order chi connectivity index (χ0) is 20.3. The van der Waals surface area contributed by atoms with Crippen molar-refractivity contribution in [3.05, 3.63) is 29.8 Å². The van der Waals surface area contributed by atoms with Crippen molar-refractivity contribution < 1.29 is 19.1 Å². The van der Waals surface area contributed by atoms with Gasteiger partial charge in [-0.05, 0) is 48.4 Å². The molecule has 28 heavy (non-hydrogen) atoms. The van der Waals surface area contributed by atoms with Crippen LogP contribution in [0.5, 0.6) is 11.5 Å². The van der Waals surface area contributed by atoms with E-state index in [4.69, 9.17) is 9.47 Å². The Balaban J connectivity index is 1.75. The van der Waals surface area contributed by atoms with E-state index >= 15 is 0 Å². The molecule has 2 aliphatic rings. The second-order valence-electron chi connectivity index (χ2n) is 8.42. The van der Waals surface area contributed by atoms with Crippen molar-refractivity contribution >= 4 is 17.9 Å². The van der Waals surface area contributed by atoms with Gasteiger partial charge < -0.3 is 19.7 Å². The molecule has 6 nitrogen and oxygen atoms in total. The zero-order valence-corrected chi connectivity index (χ0v) is 17.1. The van der Waals surface area contributed by atoms with Crippen LogP contribution in [0, 0.1) is 11.8 Å². The fraction of sp³-hybridized carbons (Fsp3) is 0.545. The fourth-order valence-electron chi connectivity index (χ4n) is 3.76. The van der Waals surface area contributed by atoms with E-state index in [0.29, 0.717) is 36.3 Å². The molecule has 0 saturated carbocycles. The molecule has 2 unspecified atom stereocenters. The summed E-state index contributed by atoms with van der Waals surface area (Å²) in [7, 11) is 0. The first-order valence-electron chi connectivity index (χ1n) is 10.0. The van der Waals surface area contributed by atoms with E-state index in [-0.39, 0.29) is 24.6 Å². The maximum absolute atomic E-state index is 13.0. The van der Waals surface area contributed by atoms with Crippen molar-refractivity contribution in [2.45, 2.75) is 52.6 Å². The monoisotopic (exact) mass is 386 g/mol. The number of hydrogen-bond acceptors (Lipinski definition) is 4. The summed E-state index contributed by atoms with van der Waals surface area (Å²) in [5.74, 6) is 1.99. The molecule has 6 heteroatoms. The number of amides is 2. The van der Waals surface area contributed by atoms with Crippen LogP contribution in [0.1, 0.15) is 46.1 Å². The summed E-state index contributed by atoms with van der Waals surface area (Å²) in [5.41, 5.74) is 0.859. The molecule has 1 fully saturated rings. The summed E-state index contributed by atoms with van der Waals surface area (Å²) in [6.07, 6.45) is 4.83. The van der Waals surface area contributed by atoms with Gasteiger partial charge >= 0.3 is 0 Å². The summed E-state index contributed by atoms with van der Waals surface area (Å²) >= 11 is 0. The maximum atomic E-state index is 13.0. The average Bonchev–Trinajstić information content (AvgIpc) is 3.08. The molecule has 2 amide bonds. The lowest BCUT2D eigenvalue weighted by Crippen LogP contribution is -2.61. The first-order chi connectivity index (χ1) is 13.3. The van der Waals surface area contributed by atoms with E-state index in [9.17, 15) is 9.59 Å². The van der Waals surface area contributed by atoms with Crippen LogP contribution >= 0.6 is 0 Å². The van der Waals surface area contributed by atoms with Gasteiger partial charge in [-0.2, -0.15) is 0 Å². The van der Waals surface area contributed by atoms with Gasteiger partial charge in [-0.25, -0.2) is 0 Å². The van der Waals surface area contributed by atoms with Crippen LogP contribution in [0.2, 0.25) is 0 Å². The van der Waals surface area contributed by atoms with E-state index in [0.717, 1.165) is 12.0 Å². The van der Waals surface area contributed by atoms with E-state index in [2.05, 4.69) is 33.0 Å². The number of piperazine rings is 1. The van der Waals surface area contributed by atoms with Gasteiger partial charge in [0, 0.05) is 18.7 Å². The Morgan fingerprint density at radius 2 is 1.89 bits per heavy atom. The summed E-state index contributed by atoms with van der Waals surface area (Å²) < 4.78 is 10.7. The molecule has 2 atom stereocenters. The molecule has 152 valence electrons. The van der Waals surface area contributed by atoms with Crippen molar-refractivity contribution in [1.29, 1.82) is 0 Å². The molecular weight excluding hydrogens is 356 g/mol. The molecule has 0 spiro atoms. The number of carbonyl (C=O) groups is 2. The standard InChI is InChI=1S/C22H30N2O4/c1-14(2)9-17-12-24(18(10-15(3)4)22(26)23-17)21(25)8-6-16-5-7-19-20(11-16)28-13-27-19/h5-8,11,14-15,17-18H,9-10,12-13H2,1-4H3,(H,23,26). The van der Waals surface area contributed by atoms with E-state index in [1.807, 2.05) is 18.2 Å². The minimum atomic E-state index is -0.419. The Bertz CT molecular complexity index is 757. The van der Waals surface area contributed by atoms with Crippen molar-refractivity contribution in [3.8, 4) is 11.5 Å². The topological polar surface area (TPSA) is 67.9 Å². The molecule has 1 saturated heterocycles. The normalized spacial score (nSPS) is 21.6. The van der Waals surface area contributed by atoms with E-state index < -0.39 is 6.04 Å². The third kappa shape index (κ3) is 4.86. The van der Waals surface area contributed by atoms with Crippen molar-refractivity contribution in [2.75, 3.05) is 13.3 Å². The Hall–Kier alpha value is -2.50. The molecule has 3 rings (SSSR count). The minimum Gasteiger partial charge on any atom is -0.454 e. The summed E-state index contributed by atoms with van der Waals surface area (Å²) in [6, 6.07) is 5.15. The quantitative estimate of drug-likeness (QED) is 0.763. The third-order valence-electron chi connectivity index (χ3n) is 4.99. The second kappa shape index (κ2) is 8.67. The number of benzene rings is 1. The fourth-order valence-corrected chi connectivity index (χ4v) is 3.76. The number of ether oxygens (including phenoxy) is 2. The Labute approximate surface area is 166 Å². The molecule has 0 aliphatic carbocycles. The maximum Gasteiger partial charge on any atom is 0.247 e. The lowest BCUT2D eigenvalue weighted by molar-refractivity contribution is -0.142. The van der Waals surface area contributed by atoms with Gasteiger partial charge in [-0.1, -0.05) is 33.8 Å². The van der Waals surface area contributed by atoms with Gasteiger partial charge in [0.25, 0.3) is 0 Å². The first kappa shape index (κ1) is 20.2. The van der Waals surface area contributed by atoms with Gasteiger partial charge in [0.2, 0.25) is 18.6 Å². The van der Waals surface area contributed by atoms with E-state index in [1.165, 1.54) is 0 Å². The van der Waals surface area contributed by atoms with Crippen LogP contribution in [0.4, 0.5) is 0 Å². The first-order valence-corrected chi connectivity index (χ1v) is 10.0. The predicted octanol–water partition coefficient (Wildman–Crippen LogP) is 3.22. The minimum absolute atomic E-state index is 0.00111. The molecule has 1 aromatic rings. The van der Waals surface area contributed by atoms with Gasteiger partial charge in [-0.15, -0.1) is 0 Å². The van der Waals surface area contributed by atoms with Crippen LogP contribution in [0.15, 0.2) is 24.3 Å². The number of carbonyl (C=O) groups excluding carboxylic acids is 2.